The molecule has 1 amide bonds. The third-order valence-corrected chi connectivity index (χ3v) is 7.10. The van der Waals surface area contributed by atoms with Gasteiger partial charge in [-0.1, -0.05) is 66.2 Å². The zero-order chi connectivity index (χ0) is 27.9. The number of halogens is 1. The molecular weight excluding hydrogens is 526 g/mol. The number of esters is 1. The molecule has 1 aliphatic rings. The van der Waals surface area contributed by atoms with E-state index in [9.17, 15) is 9.59 Å². The van der Waals surface area contributed by atoms with Crippen LogP contribution in [-0.2, 0) is 16.0 Å². The van der Waals surface area contributed by atoms with Crippen LogP contribution in [0, 0.1) is 0 Å². The molecular formula is C33H30ClNO5. The number of hydrogen-bond donors (Lipinski definition) is 1. The maximum Gasteiger partial charge on any atom is 0.313 e. The molecule has 0 bridgehead atoms. The van der Waals surface area contributed by atoms with Gasteiger partial charge in [-0.15, -0.1) is 0 Å². The summed E-state index contributed by atoms with van der Waals surface area (Å²) in [6, 6.07) is 28.7. The van der Waals surface area contributed by atoms with Crippen molar-refractivity contribution in [3.63, 3.8) is 0 Å². The predicted molar refractivity (Wildman–Crippen MR) is 155 cm³/mol. The molecule has 1 heterocycles. The van der Waals surface area contributed by atoms with E-state index in [2.05, 4.69) is 29.6 Å². The second-order valence-corrected chi connectivity index (χ2v) is 9.82. The summed E-state index contributed by atoms with van der Waals surface area (Å²) in [5.41, 5.74) is 4.73. The lowest BCUT2D eigenvalue weighted by atomic mass is 9.93. The lowest BCUT2D eigenvalue weighted by Crippen LogP contribution is -2.25. The Morgan fingerprint density at radius 1 is 0.975 bits per heavy atom. The molecule has 0 saturated heterocycles. The first-order valence-electron chi connectivity index (χ1n) is 13.4. The van der Waals surface area contributed by atoms with E-state index in [1.54, 1.807) is 43.3 Å². The number of ether oxygens (including phenoxy) is 3. The molecule has 1 atom stereocenters. The van der Waals surface area contributed by atoms with Gasteiger partial charge in [-0.25, -0.2) is 0 Å². The first-order valence-corrected chi connectivity index (χ1v) is 13.7. The number of carbonyl (C=O) groups is 2. The number of carbonyl (C=O) groups excluding carboxylic acids is 2. The zero-order valence-electron chi connectivity index (χ0n) is 22.2. The van der Waals surface area contributed by atoms with Gasteiger partial charge in [-0.05, 0) is 66.8 Å². The Hall–Kier alpha value is -4.29. The number of benzene rings is 4. The maximum atomic E-state index is 12.8. The van der Waals surface area contributed by atoms with Gasteiger partial charge in [0.15, 0.2) is 0 Å². The molecule has 0 radical (unpaired) electrons. The molecule has 1 aliphatic heterocycles. The van der Waals surface area contributed by atoms with Crippen LogP contribution in [0.5, 0.6) is 17.2 Å². The number of nitrogens with one attached hydrogen (secondary N) is 1. The van der Waals surface area contributed by atoms with Crippen molar-refractivity contribution in [2.75, 3.05) is 19.8 Å². The van der Waals surface area contributed by atoms with E-state index in [1.165, 1.54) is 11.1 Å². The molecule has 5 rings (SSSR count). The second-order valence-electron chi connectivity index (χ2n) is 9.42. The summed E-state index contributed by atoms with van der Waals surface area (Å²) in [6.45, 7) is 3.01. The molecule has 0 spiro atoms. The summed E-state index contributed by atoms with van der Waals surface area (Å²) in [5.74, 6) is 0.612. The largest absolute Gasteiger partial charge is 0.493 e. The normalized spacial score (nSPS) is 14.0. The van der Waals surface area contributed by atoms with Crippen LogP contribution in [0.15, 0.2) is 91.0 Å². The summed E-state index contributed by atoms with van der Waals surface area (Å²) in [7, 11) is 0. The van der Waals surface area contributed by atoms with Gasteiger partial charge in [0.05, 0.1) is 24.2 Å². The lowest BCUT2D eigenvalue weighted by Gasteiger charge is -2.25. The second kappa shape index (κ2) is 12.7. The smallest absolute Gasteiger partial charge is 0.313 e. The molecule has 0 aliphatic carbocycles. The van der Waals surface area contributed by atoms with E-state index < -0.39 is 5.92 Å². The Kier molecular flexibility index (Phi) is 8.67. The zero-order valence-corrected chi connectivity index (χ0v) is 22.9. The van der Waals surface area contributed by atoms with Crippen LogP contribution in [-0.4, -0.2) is 31.6 Å². The molecule has 204 valence electrons. The molecule has 1 unspecified atom stereocenters. The summed E-state index contributed by atoms with van der Waals surface area (Å²) < 4.78 is 17.0. The third kappa shape index (κ3) is 6.29. The Balaban J connectivity index is 1.20. The van der Waals surface area contributed by atoms with Crippen molar-refractivity contribution in [1.29, 1.82) is 0 Å². The van der Waals surface area contributed by atoms with Crippen LogP contribution < -0.4 is 14.8 Å². The highest BCUT2D eigenvalue weighted by atomic mass is 35.5. The maximum absolute atomic E-state index is 12.8. The van der Waals surface area contributed by atoms with E-state index in [4.69, 9.17) is 25.8 Å². The van der Waals surface area contributed by atoms with Crippen LogP contribution >= 0.6 is 11.6 Å². The lowest BCUT2D eigenvalue weighted by molar-refractivity contribution is -0.145. The third-order valence-electron chi connectivity index (χ3n) is 6.80. The molecule has 0 fully saturated rings. The average Bonchev–Trinajstić information content (AvgIpc) is 2.98. The highest BCUT2D eigenvalue weighted by Crippen LogP contribution is 2.42. The van der Waals surface area contributed by atoms with Crippen molar-refractivity contribution in [3.8, 4) is 28.4 Å². The van der Waals surface area contributed by atoms with E-state index in [0.717, 1.165) is 5.56 Å². The van der Waals surface area contributed by atoms with Gasteiger partial charge in [0, 0.05) is 23.7 Å². The molecule has 0 saturated carbocycles. The minimum atomic E-state index is -0.417. The van der Waals surface area contributed by atoms with E-state index in [0.29, 0.717) is 66.0 Å². The summed E-state index contributed by atoms with van der Waals surface area (Å²) in [6.07, 6.45) is 1.25. The van der Waals surface area contributed by atoms with Gasteiger partial charge < -0.3 is 19.5 Å². The first kappa shape index (κ1) is 27.3. The SMILES string of the molecule is CCOC(=O)C1CCOc2cc(Oc3ccc(C(=O)NCCc4ccccc4-c4ccccc4)cc3)c(Cl)cc21. The van der Waals surface area contributed by atoms with Crippen LogP contribution in [0.4, 0.5) is 0 Å². The highest BCUT2D eigenvalue weighted by Gasteiger charge is 2.30. The van der Waals surface area contributed by atoms with Crippen LogP contribution in [0.3, 0.4) is 0 Å². The Labute approximate surface area is 238 Å². The summed E-state index contributed by atoms with van der Waals surface area (Å²) in [5, 5.41) is 3.36. The van der Waals surface area contributed by atoms with Gasteiger partial charge >= 0.3 is 5.97 Å². The monoisotopic (exact) mass is 555 g/mol. The molecule has 40 heavy (non-hydrogen) atoms. The van der Waals surface area contributed by atoms with Gasteiger partial charge in [0.1, 0.15) is 17.2 Å². The fraction of sp³-hybridized carbons (Fsp3) is 0.212. The van der Waals surface area contributed by atoms with E-state index in [-0.39, 0.29) is 11.9 Å². The van der Waals surface area contributed by atoms with Gasteiger partial charge in [-0.2, -0.15) is 0 Å². The highest BCUT2D eigenvalue weighted by molar-refractivity contribution is 6.32. The number of hydrogen-bond acceptors (Lipinski definition) is 5. The Morgan fingerprint density at radius 3 is 2.50 bits per heavy atom. The quantitative estimate of drug-likeness (QED) is 0.221. The minimum absolute atomic E-state index is 0.158. The first-order chi connectivity index (χ1) is 19.5. The standard InChI is InChI=1S/C33H30ClNO5/c1-2-38-33(37)27-17-19-39-30-21-31(29(34)20-28(27)30)40-25-14-12-24(13-15-25)32(36)35-18-16-23-10-6-7-11-26(23)22-8-4-3-5-9-22/h3-15,20-21,27H,2,16-19H2,1H3,(H,35,36). The fourth-order valence-corrected chi connectivity index (χ4v) is 5.02. The van der Waals surface area contributed by atoms with Gasteiger partial charge in [-0.3, -0.25) is 9.59 Å². The van der Waals surface area contributed by atoms with Gasteiger partial charge in [0.25, 0.3) is 5.91 Å². The Bertz CT molecular complexity index is 1490. The van der Waals surface area contributed by atoms with Crippen molar-refractivity contribution in [2.45, 2.75) is 25.7 Å². The molecule has 1 N–H and O–H groups in total. The topological polar surface area (TPSA) is 73.9 Å². The van der Waals surface area contributed by atoms with Crippen molar-refractivity contribution >= 4 is 23.5 Å². The van der Waals surface area contributed by atoms with E-state index >= 15 is 0 Å². The summed E-state index contributed by atoms with van der Waals surface area (Å²) >= 11 is 6.50. The molecule has 4 aromatic rings. The molecule has 0 aromatic heterocycles. The van der Waals surface area contributed by atoms with Crippen molar-refractivity contribution in [1.82, 2.24) is 5.32 Å². The molecule has 6 nitrogen and oxygen atoms in total. The van der Waals surface area contributed by atoms with Gasteiger partial charge in [0.2, 0.25) is 0 Å². The van der Waals surface area contributed by atoms with Crippen molar-refractivity contribution < 1.29 is 23.8 Å². The number of rotatable bonds is 9. The van der Waals surface area contributed by atoms with Crippen LogP contribution in [0.1, 0.15) is 40.7 Å². The van der Waals surface area contributed by atoms with Crippen molar-refractivity contribution in [2.24, 2.45) is 0 Å². The summed E-state index contributed by atoms with van der Waals surface area (Å²) in [4.78, 5) is 25.1. The van der Waals surface area contributed by atoms with Crippen LogP contribution in [0.2, 0.25) is 5.02 Å². The fourth-order valence-electron chi connectivity index (χ4n) is 4.81. The predicted octanol–water partition coefficient (Wildman–Crippen LogP) is 7.20. The molecule has 7 heteroatoms. The molecule has 4 aromatic carbocycles. The average molecular weight is 556 g/mol. The number of fused-ring (bicyclic) bond motifs is 1. The minimum Gasteiger partial charge on any atom is -0.493 e. The van der Waals surface area contributed by atoms with Crippen LogP contribution in [0.25, 0.3) is 11.1 Å². The van der Waals surface area contributed by atoms with E-state index in [1.807, 2.05) is 30.3 Å². The number of amides is 1. The Morgan fingerprint density at radius 2 is 1.73 bits per heavy atom. The van der Waals surface area contributed by atoms with Crippen molar-refractivity contribution in [3.05, 3.63) is 113 Å².